The predicted octanol–water partition coefficient (Wildman–Crippen LogP) is 2.74. The molecule has 1 saturated heterocycles. The molecule has 2 heterocycles. The Bertz CT molecular complexity index is 795. The van der Waals surface area contributed by atoms with Gasteiger partial charge in [-0.3, -0.25) is 4.90 Å². The minimum atomic E-state index is 0.676. The summed E-state index contributed by atoms with van der Waals surface area (Å²) in [5, 5.41) is 5.58. The predicted molar refractivity (Wildman–Crippen MR) is 93.8 cm³/mol. The van der Waals surface area contributed by atoms with Crippen molar-refractivity contribution in [3.05, 3.63) is 54.7 Å². The second-order valence-corrected chi connectivity index (χ2v) is 5.88. The Hall–Kier alpha value is -2.37. The largest absolute Gasteiger partial charge is 0.491 e. The van der Waals surface area contributed by atoms with Gasteiger partial charge in [0.25, 0.3) is 0 Å². The lowest BCUT2D eigenvalue weighted by molar-refractivity contribution is 0.0323. The molecule has 0 unspecified atom stereocenters. The van der Waals surface area contributed by atoms with Crippen LogP contribution in [0.2, 0.25) is 0 Å². The van der Waals surface area contributed by atoms with Gasteiger partial charge in [-0.05, 0) is 24.3 Å². The minimum Gasteiger partial charge on any atom is -0.491 e. The van der Waals surface area contributed by atoms with Crippen LogP contribution in [0.3, 0.4) is 0 Å². The molecule has 5 heteroatoms. The van der Waals surface area contributed by atoms with Gasteiger partial charge >= 0.3 is 0 Å². The van der Waals surface area contributed by atoms with Crippen LogP contribution in [0, 0.1) is 0 Å². The fourth-order valence-corrected chi connectivity index (χ4v) is 3.03. The Morgan fingerprint density at radius 3 is 2.67 bits per heavy atom. The van der Waals surface area contributed by atoms with Crippen LogP contribution in [-0.4, -0.2) is 54.1 Å². The zero-order valence-electron chi connectivity index (χ0n) is 13.6. The van der Waals surface area contributed by atoms with E-state index in [1.54, 1.807) is 0 Å². The van der Waals surface area contributed by atoms with Gasteiger partial charge in [-0.1, -0.05) is 24.3 Å². The quantitative estimate of drug-likeness (QED) is 0.724. The van der Waals surface area contributed by atoms with Crippen molar-refractivity contribution in [1.82, 2.24) is 14.7 Å². The number of hydrogen-bond acceptors (Lipinski definition) is 4. The van der Waals surface area contributed by atoms with Gasteiger partial charge in [0.05, 0.1) is 36.0 Å². The third-order valence-electron chi connectivity index (χ3n) is 4.34. The first-order valence-corrected chi connectivity index (χ1v) is 8.37. The number of aromatic nitrogens is 2. The monoisotopic (exact) mass is 323 g/mol. The molecular formula is C19H21N3O2. The van der Waals surface area contributed by atoms with Crippen LogP contribution < -0.4 is 4.74 Å². The third kappa shape index (κ3) is 3.13. The maximum Gasteiger partial charge on any atom is 0.130 e. The molecule has 1 fully saturated rings. The van der Waals surface area contributed by atoms with Crippen LogP contribution in [0.15, 0.2) is 54.7 Å². The highest BCUT2D eigenvalue weighted by Gasteiger charge is 2.12. The van der Waals surface area contributed by atoms with Crippen molar-refractivity contribution in [1.29, 1.82) is 0 Å². The number of para-hydroxylation sites is 1. The first-order chi connectivity index (χ1) is 11.9. The lowest BCUT2D eigenvalue weighted by atomic mass is 10.2. The molecule has 0 saturated carbocycles. The highest BCUT2D eigenvalue weighted by molar-refractivity contribution is 5.86. The van der Waals surface area contributed by atoms with Crippen LogP contribution >= 0.6 is 0 Å². The lowest BCUT2D eigenvalue weighted by Crippen LogP contribution is -2.38. The topological polar surface area (TPSA) is 39.5 Å². The summed E-state index contributed by atoms with van der Waals surface area (Å²) >= 11 is 0. The Kier molecular flexibility index (Phi) is 4.44. The first-order valence-electron chi connectivity index (χ1n) is 8.37. The average molecular weight is 323 g/mol. The molecule has 24 heavy (non-hydrogen) atoms. The molecule has 0 amide bonds. The molecule has 0 bridgehead atoms. The molecule has 0 aliphatic carbocycles. The second kappa shape index (κ2) is 7.03. The van der Waals surface area contributed by atoms with Crippen molar-refractivity contribution in [2.45, 2.75) is 0 Å². The van der Waals surface area contributed by atoms with Crippen molar-refractivity contribution in [2.75, 3.05) is 39.5 Å². The van der Waals surface area contributed by atoms with E-state index in [0.717, 1.165) is 55.2 Å². The number of fused-ring (bicyclic) bond motifs is 1. The average Bonchev–Trinajstić information content (AvgIpc) is 3.08. The van der Waals surface area contributed by atoms with Crippen LogP contribution in [0.1, 0.15) is 0 Å². The van der Waals surface area contributed by atoms with Gasteiger partial charge in [-0.15, -0.1) is 0 Å². The SMILES string of the molecule is c1ccc(-n2ncc3c(OCCN4CCOCC4)cccc32)cc1. The molecule has 0 radical (unpaired) electrons. The summed E-state index contributed by atoms with van der Waals surface area (Å²) in [7, 11) is 0. The Labute approximate surface area is 141 Å². The molecule has 3 aromatic rings. The molecule has 5 nitrogen and oxygen atoms in total. The molecule has 1 aliphatic rings. The van der Waals surface area contributed by atoms with Crippen LogP contribution in [-0.2, 0) is 4.74 Å². The molecule has 0 atom stereocenters. The summed E-state index contributed by atoms with van der Waals surface area (Å²) in [5.41, 5.74) is 2.11. The van der Waals surface area contributed by atoms with Gasteiger partial charge in [-0.2, -0.15) is 5.10 Å². The molecule has 1 aliphatic heterocycles. The first kappa shape index (κ1) is 15.2. The minimum absolute atomic E-state index is 0.676. The number of nitrogens with zero attached hydrogens (tertiary/aromatic N) is 3. The van der Waals surface area contributed by atoms with Crippen LogP contribution in [0.4, 0.5) is 0 Å². The summed E-state index contributed by atoms with van der Waals surface area (Å²) < 4.78 is 13.4. The fourth-order valence-electron chi connectivity index (χ4n) is 3.03. The van der Waals surface area contributed by atoms with Crippen molar-refractivity contribution in [2.24, 2.45) is 0 Å². The summed E-state index contributed by atoms with van der Waals surface area (Å²) in [6.07, 6.45) is 1.88. The van der Waals surface area contributed by atoms with E-state index in [1.807, 2.05) is 41.2 Å². The Morgan fingerprint density at radius 1 is 1.00 bits per heavy atom. The third-order valence-corrected chi connectivity index (χ3v) is 4.34. The van der Waals surface area contributed by atoms with Crippen molar-refractivity contribution < 1.29 is 9.47 Å². The number of hydrogen-bond donors (Lipinski definition) is 0. The van der Waals surface area contributed by atoms with Crippen LogP contribution in [0.5, 0.6) is 5.75 Å². The molecule has 1 aromatic heterocycles. The van der Waals surface area contributed by atoms with E-state index < -0.39 is 0 Å². The van der Waals surface area contributed by atoms with E-state index in [0.29, 0.717) is 6.61 Å². The number of benzene rings is 2. The Morgan fingerprint density at radius 2 is 1.83 bits per heavy atom. The lowest BCUT2D eigenvalue weighted by Gasteiger charge is -2.26. The zero-order valence-corrected chi connectivity index (χ0v) is 13.6. The van der Waals surface area contributed by atoms with E-state index in [2.05, 4.69) is 28.2 Å². The van der Waals surface area contributed by atoms with Crippen molar-refractivity contribution >= 4 is 10.9 Å². The standard InChI is InChI=1S/C19H21N3O2/c1-2-5-16(6-3-1)22-18-7-4-8-19(17(18)15-20-22)24-14-11-21-9-12-23-13-10-21/h1-8,15H,9-14H2. The summed E-state index contributed by atoms with van der Waals surface area (Å²) in [6, 6.07) is 16.3. The molecule has 0 spiro atoms. The Balaban J connectivity index is 1.51. The number of morpholine rings is 1. The fraction of sp³-hybridized carbons (Fsp3) is 0.316. The normalized spacial score (nSPS) is 15.7. The summed E-state index contributed by atoms with van der Waals surface area (Å²) in [5.74, 6) is 0.892. The van der Waals surface area contributed by atoms with Gasteiger partial charge in [0.2, 0.25) is 0 Å². The van der Waals surface area contributed by atoms with Gasteiger partial charge in [-0.25, -0.2) is 4.68 Å². The maximum atomic E-state index is 6.04. The van der Waals surface area contributed by atoms with Crippen molar-refractivity contribution in [3.8, 4) is 11.4 Å². The molecule has 0 N–H and O–H groups in total. The van der Waals surface area contributed by atoms with Crippen molar-refractivity contribution in [3.63, 3.8) is 0 Å². The second-order valence-electron chi connectivity index (χ2n) is 5.88. The van der Waals surface area contributed by atoms with E-state index in [-0.39, 0.29) is 0 Å². The van der Waals surface area contributed by atoms with E-state index in [1.165, 1.54) is 0 Å². The summed E-state index contributed by atoms with van der Waals surface area (Å²) in [4.78, 5) is 2.37. The van der Waals surface area contributed by atoms with E-state index in [4.69, 9.17) is 9.47 Å². The summed E-state index contributed by atoms with van der Waals surface area (Å²) in [6.45, 7) is 5.21. The number of rotatable bonds is 5. The number of ether oxygens (including phenoxy) is 2. The molecule has 124 valence electrons. The van der Waals surface area contributed by atoms with E-state index >= 15 is 0 Å². The molecular weight excluding hydrogens is 302 g/mol. The van der Waals surface area contributed by atoms with Gasteiger partial charge in [0.1, 0.15) is 12.4 Å². The van der Waals surface area contributed by atoms with Crippen LogP contribution in [0.25, 0.3) is 16.6 Å². The zero-order chi connectivity index (χ0) is 16.2. The highest BCUT2D eigenvalue weighted by Crippen LogP contribution is 2.27. The van der Waals surface area contributed by atoms with Gasteiger partial charge in [0.15, 0.2) is 0 Å². The maximum absolute atomic E-state index is 6.04. The van der Waals surface area contributed by atoms with Gasteiger partial charge in [0, 0.05) is 19.6 Å². The highest BCUT2D eigenvalue weighted by atomic mass is 16.5. The molecule has 4 rings (SSSR count). The van der Waals surface area contributed by atoms with E-state index in [9.17, 15) is 0 Å². The smallest absolute Gasteiger partial charge is 0.130 e. The van der Waals surface area contributed by atoms with Gasteiger partial charge < -0.3 is 9.47 Å². The molecule has 2 aromatic carbocycles.